The van der Waals surface area contributed by atoms with E-state index in [2.05, 4.69) is 15.9 Å². The normalized spacial score (nSPS) is 14.9. The minimum Gasteiger partial charge on any atom is -0.466 e. The third-order valence-corrected chi connectivity index (χ3v) is 12.4. The molecule has 1 heterocycles. The van der Waals surface area contributed by atoms with Crippen LogP contribution in [0.5, 0.6) is 0 Å². The Labute approximate surface area is 363 Å². The number of carbonyl (C=O) groups is 2. The SMILES string of the molecule is CCOC(=O)C[C@H](C)c1cc(-c2c(C)ccc(F)c2C)cc(C)c1F.CCOC(=O)C[C@H](C)c1cc(B2OC(C)(C)C(C)(C)O2)cc(C)c1F.Cc1ccc(F)c(C)c1Br. The van der Waals surface area contributed by atoms with Gasteiger partial charge in [0.25, 0.3) is 0 Å². The first kappa shape index (κ1) is 50.4. The Kier molecular flexibility index (Phi) is 17.8. The van der Waals surface area contributed by atoms with E-state index < -0.39 is 18.3 Å². The van der Waals surface area contributed by atoms with Crippen molar-refractivity contribution in [3.63, 3.8) is 0 Å². The van der Waals surface area contributed by atoms with Gasteiger partial charge in [-0.25, -0.2) is 17.6 Å². The first-order valence-electron chi connectivity index (χ1n) is 20.3. The zero-order chi connectivity index (χ0) is 45.4. The molecule has 4 aromatic carbocycles. The highest BCUT2D eigenvalue weighted by molar-refractivity contribution is 9.10. The van der Waals surface area contributed by atoms with E-state index in [9.17, 15) is 27.2 Å². The highest BCUT2D eigenvalue weighted by Crippen LogP contribution is 2.38. The molecule has 0 spiro atoms. The lowest BCUT2D eigenvalue weighted by molar-refractivity contribution is -0.144. The van der Waals surface area contributed by atoms with Gasteiger partial charge in [-0.05, 0) is 180 Å². The summed E-state index contributed by atoms with van der Waals surface area (Å²) in [7, 11) is -0.558. The average molecular weight is 900 g/mol. The van der Waals surface area contributed by atoms with E-state index in [1.165, 1.54) is 12.1 Å². The summed E-state index contributed by atoms with van der Waals surface area (Å²) in [6.45, 7) is 26.4. The molecule has 0 radical (unpaired) electrons. The number of rotatable bonds is 10. The molecule has 0 aromatic heterocycles. The maximum absolute atomic E-state index is 14.6. The first-order chi connectivity index (χ1) is 27.9. The number of aryl methyl sites for hydroxylation is 4. The van der Waals surface area contributed by atoms with Crippen molar-refractivity contribution < 1.29 is 45.9 Å². The standard InChI is InChI=1S/C21H24F2O2.C19H28BFO4.C8H8BrF/c1-6-25-19(24)10-13(3)17-11-16(9-14(4)21(17)23)20-12(2)7-8-18(22)15(20)5;1-8-23-16(22)10-12(2)15-11-14(9-13(3)17(15)21)20-24-18(4,5)19(6,7)25-20;1-5-3-4-7(10)6(2)8(5)9/h7-9,11,13H,6,10H2,1-5H3;9,11-12H,8,10H2,1-7H3;3-4H,1-2H3/t13-;12-;/m00./s1. The molecule has 0 aliphatic carbocycles. The monoisotopic (exact) mass is 898 g/mol. The highest BCUT2D eigenvalue weighted by atomic mass is 79.9. The third-order valence-electron chi connectivity index (χ3n) is 11.1. The molecule has 0 bridgehead atoms. The molecule has 326 valence electrons. The molecule has 0 amide bonds. The highest BCUT2D eigenvalue weighted by Gasteiger charge is 2.52. The molecule has 1 fully saturated rings. The smallest absolute Gasteiger partial charge is 0.466 e. The van der Waals surface area contributed by atoms with E-state index in [1.807, 2.05) is 48.5 Å². The minimum atomic E-state index is -0.558. The molecule has 2 atom stereocenters. The van der Waals surface area contributed by atoms with Crippen LogP contribution in [0.25, 0.3) is 11.1 Å². The summed E-state index contributed by atoms with van der Waals surface area (Å²) in [5, 5.41) is 0. The van der Waals surface area contributed by atoms with Crippen molar-refractivity contribution >= 4 is 40.4 Å². The summed E-state index contributed by atoms with van der Waals surface area (Å²) in [5.41, 5.74) is 6.51. The fourth-order valence-electron chi connectivity index (χ4n) is 6.82. The maximum Gasteiger partial charge on any atom is 0.494 e. The second-order valence-corrected chi connectivity index (χ2v) is 17.3. The molecule has 1 aliphatic heterocycles. The predicted octanol–water partition coefficient (Wildman–Crippen LogP) is 12.3. The molecule has 0 saturated carbocycles. The number of benzene rings is 4. The van der Waals surface area contributed by atoms with E-state index in [0.717, 1.165) is 32.2 Å². The summed E-state index contributed by atoms with van der Waals surface area (Å²) >= 11 is 3.29. The second-order valence-electron chi connectivity index (χ2n) is 16.5. The summed E-state index contributed by atoms with van der Waals surface area (Å²) in [6, 6.07) is 13.3. The molecule has 6 nitrogen and oxygen atoms in total. The van der Waals surface area contributed by atoms with Gasteiger partial charge in [0, 0.05) is 4.47 Å². The van der Waals surface area contributed by atoms with Gasteiger partial charge in [0.15, 0.2) is 0 Å². The van der Waals surface area contributed by atoms with Gasteiger partial charge in [-0.2, -0.15) is 0 Å². The van der Waals surface area contributed by atoms with Crippen LogP contribution in [0, 0.1) is 64.8 Å². The van der Waals surface area contributed by atoms with E-state index in [0.29, 0.717) is 46.6 Å². The molecular formula is C48H60BBrF4O6. The summed E-state index contributed by atoms with van der Waals surface area (Å²) in [4.78, 5) is 23.5. The van der Waals surface area contributed by atoms with Crippen LogP contribution < -0.4 is 5.46 Å². The maximum atomic E-state index is 14.6. The van der Waals surface area contributed by atoms with Crippen molar-refractivity contribution in [1.29, 1.82) is 0 Å². The van der Waals surface area contributed by atoms with Crippen LogP contribution in [0.2, 0.25) is 0 Å². The Morgan fingerprint density at radius 1 is 0.650 bits per heavy atom. The van der Waals surface area contributed by atoms with Gasteiger partial charge in [-0.3, -0.25) is 9.59 Å². The topological polar surface area (TPSA) is 71.1 Å². The zero-order valence-electron chi connectivity index (χ0n) is 37.5. The van der Waals surface area contributed by atoms with Crippen LogP contribution >= 0.6 is 15.9 Å². The Bertz CT molecular complexity index is 2130. The van der Waals surface area contributed by atoms with Crippen LogP contribution in [0.15, 0.2) is 53.0 Å². The van der Waals surface area contributed by atoms with Crippen LogP contribution in [0.3, 0.4) is 0 Å². The number of halogens is 5. The summed E-state index contributed by atoms with van der Waals surface area (Å²) in [6.07, 6.45) is 0.242. The van der Waals surface area contributed by atoms with Crippen molar-refractivity contribution in [3.05, 3.63) is 121 Å². The molecule has 12 heteroatoms. The van der Waals surface area contributed by atoms with Crippen LogP contribution in [0.4, 0.5) is 17.6 Å². The molecule has 0 N–H and O–H groups in total. The van der Waals surface area contributed by atoms with Crippen LogP contribution in [0.1, 0.15) is 125 Å². The molecule has 1 saturated heterocycles. The molecule has 0 unspecified atom stereocenters. The number of esters is 2. The van der Waals surface area contributed by atoms with E-state index >= 15 is 0 Å². The number of ether oxygens (including phenoxy) is 2. The Morgan fingerprint density at radius 2 is 1.08 bits per heavy atom. The third kappa shape index (κ3) is 12.3. The summed E-state index contributed by atoms with van der Waals surface area (Å²) < 4.78 is 78.9. The van der Waals surface area contributed by atoms with Gasteiger partial charge in [0.05, 0.1) is 37.3 Å². The largest absolute Gasteiger partial charge is 0.494 e. The fourth-order valence-corrected chi connectivity index (χ4v) is 7.14. The molecule has 60 heavy (non-hydrogen) atoms. The number of hydrogen-bond donors (Lipinski definition) is 0. The molecular weight excluding hydrogens is 839 g/mol. The number of carbonyl (C=O) groups excluding carboxylic acids is 2. The van der Waals surface area contributed by atoms with Crippen molar-refractivity contribution in [2.75, 3.05) is 13.2 Å². The van der Waals surface area contributed by atoms with Gasteiger partial charge in [-0.15, -0.1) is 0 Å². The van der Waals surface area contributed by atoms with Crippen LogP contribution in [-0.2, 0) is 28.4 Å². The number of hydrogen-bond acceptors (Lipinski definition) is 6. The van der Waals surface area contributed by atoms with Crippen molar-refractivity contribution in [1.82, 2.24) is 0 Å². The van der Waals surface area contributed by atoms with E-state index in [1.54, 1.807) is 84.9 Å². The zero-order valence-corrected chi connectivity index (χ0v) is 39.1. The van der Waals surface area contributed by atoms with Crippen LogP contribution in [-0.4, -0.2) is 43.5 Å². The Balaban J connectivity index is 0.000000261. The van der Waals surface area contributed by atoms with E-state index in [-0.39, 0.29) is 59.9 Å². The van der Waals surface area contributed by atoms with Gasteiger partial charge in [0.1, 0.15) is 23.3 Å². The van der Waals surface area contributed by atoms with Gasteiger partial charge in [0.2, 0.25) is 0 Å². The Hall–Kier alpha value is -4.00. The van der Waals surface area contributed by atoms with Crippen molar-refractivity contribution in [3.8, 4) is 11.1 Å². The van der Waals surface area contributed by atoms with E-state index in [4.69, 9.17) is 18.8 Å². The Morgan fingerprint density at radius 3 is 1.55 bits per heavy atom. The fraction of sp³-hybridized carbons (Fsp3) is 0.458. The van der Waals surface area contributed by atoms with Gasteiger partial charge >= 0.3 is 19.1 Å². The van der Waals surface area contributed by atoms with Gasteiger partial charge in [-0.1, -0.05) is 54.0 Å². The first-order valence-corrected chi connectivity index (χ1v) is 21.1. The quantitative estimate of drug-likeness (QED) is 0.0897. The summed E-state index contributed by atoms with van der Waals surface area (Å²) in [5.74, 6) is -2.36. The molecule has 4 aromatic rings. The second kappa shape index (κ2) is 21.2. The van der Waals surface area contributed by atoms with Gasteiger partial charge < -0.3 is 18.8 Å². The van der Waals surface area contributed by atoms with Crippen molar-refractivity contribution in [2.45, 2.75) is 133 Å². The minimum absolute atomic E-state index is 0.106. The molecule has 1 aliphatic rings. The lowest BCUT2D eigenvalue weighted by Gasteiger charge is -2.32. The molecule has 5 rings (SSSR count). The van der Waals surface area contributed by atoms with Crippen molar-refractivity contribution in [2.24, 2.45) is 0 Å². The predicted molar refractivity (Wildman–Crippen MR) is 236 cm³/mol. The average Bonchev–Trinajstić information content (AvgIpc) is 3.39. The lowest BCUT2D eigenvalue weighted by Crippen LogP contribution is -2.41. The lowest BCUT2D eigenvalue weighted by atomic mass is 9.76.